The van der Waals surface area contributed by atoms with Crippen molar-refractivity contribution in [1.29, 1.82) is 0 Å². The number of aromatic nitrogens is 2. The Kier molecular flexibility index (Phi) is 7.39. The SMILES string of the molecule is CCOc1ccccc1-c1nnc(SCCC(=O)Nc2ccccc2SC)o1. The quantitative estimate of drug-likeness (QED) is 0.494. The molecule has 28 heavy (non-hydrogen) atoms. The van der Waals surface area contributed by atoms with Gasteiger partial charge in [-0.25, -0.2) is 0 Å². The van der Waals surface area contributed by atoms with Crippen LogP contribution < -0.4 is 10.1 Å². The number of thioether (sulfide) groups is 2. The van der Waals surface area contributed by atoms with Gasteiger partial charge in [0.25, 0.3) is 11.1 Å². The number of amides is 1. The number of carbonyl (C=O) groups excluding carboxylic acids is 1. The van der Waals surface area contributed by atoms with Gasteiger partial charge in [0.1, 0.15) is 5.75 Å². The van der Waals surface area contributed by atoms with Crippen molar-refractivity contribution in [2.45, 2.75) is 23.5 Å². The number of ether oxygens (including phenoxy) is 1. The molecule has 0 saturated heterocycles. The lowest BCUT2D eigenvalue weighted by molar-refractivity contribution is -0.115. The summed E-state index contributed by atoms with van der Waals surface area (Å²) < 4.78 is 11.3. The molecule has 6 nitrogen and oxygen atoms in total. The second kappa shape index (κ2) is 10.2. The van der Waals surface area contributed by atoms with E-state index in [0.717, 1.165) is 16.1 Å². The molecule has 0 radical (unpaired) electrons. The number of benzene rings is 2. The number of hydrogen-bond acceptors (Lipinski definition) is 7. The lowest BCUT2D eigenvalue weighted by atomic mass is 10.2. The minimum Gasteiger partial charge on any atom is -0.493 e. The fourth-order valence-electron chi connectivity index (χ4n) is 2.49. The smallest absolute Gasteiger partial charge is 0.276 e. The second-order valence-corrected chi connectivity index (χ2v) is 7.54. The topological polar surface area (TPSA) is 77.2 Å². The van der Waals surface area contributed by atoms with Crippen molar-refractivity contribution in [2.75, 3.05) is 23.9 Å². The number of rotatable bonds is 9. The number of carbonyl (C=O) groups is 1. The van der Waals surface area contributed by atoms with Crippen LogP contribution in [0.2, 0.25) is 0 Å². The summed E-state index contributed by atoms with van der Waals surface area (Å²) in [6.07, 6.45) is 2.33. The first-order valence-electron chi connectivity index (χ1n) is 8.82. The lowest BCUT2D eigenvalue weighted by Gasteiger charge is -2.08. The van der Waals surface area contributed by atoms with Crippen LogP contribution in [0, 0.1) is 0 Å². The predicted molar refractivity (Wildman–Crippen MR) is 113 cm³/mol. The first-order valence-corrected chi connectivity index (χ1v) is 11.0. The molecular weight excluding hydrogens is 394 g/mol. The molecule has 8 heteroatoms. The van der Waals surface area contributed by atoms with E-state index in [9.17, 15) is 4.79 Å². The Bertz CT molecular complexity index is 930. The average Bonchev–Trinajstić information content (AvgIpc) is 3.18. The van der Waals surface area contributed by atoms with Gasteiger partial charge in [-0.3, -0.25) is 4.79 Å². The molecule has 0 aliphatic heterocycles. The van der Waals surface area contributed by atoms with Crippen LogP contribution in [-0.4, -0.2) is 34.7 Å². The van der Waals surface area contributed by atoms with Crippen LogP contribution in [0.15, 0.2) is 63.1 Å². The van der Waals surface area contributed by atoms with Crippen LogP contribution in [0.4, 0.5) is 5.69 Å². The van der Waals surface area contributed by atoms with E-state index >= 15 is 0 Å². The Labute approximate surface area is 172 Å². The van der Waals surface area contributed by atoms with Crippen molar-refractivity contribution in [3.63, 3.8) is 0 Å². The standard InChI is InChI=1S/C20H21N3O3S2/c1-3-25-16-10-6-4-8-14(16)19-22-23-20(26-19)28-13-12-18(24)21-15-9-5-7-11-17(15)27-2/h4-11H,3,12-13H2,1-2H3,(H,21,24). The number of anilines is 1. The van der Waals surface area contributed by atoms with E-state index in [0.29, 0.717) is 35.6 Å². The van der Waals surface area contributed by atoms with Crippen LogP contribution >= 0.6 is 23.5 Å². The molecular formula is C20H21N3O3S2. The van der Waals surface area contributed by atoms with Gasteiger partial charge in [-0.1, -0.05) is 36.0 Å². The van der Waals surface area contributed by atoms with Crippen LogP contribution in [0.5, 0.6) is 5.75 Å². The largest absolute Gasteiger partial charge is 0.493 e. The van der Waals surface area contributed by atoms with E-state index < -0.39 is 0 Å². The van der Waals surface area contributed by atoms with Gasteiger partial charge >= 0.3 is 0 Å². The van der Waals surface area contributed by atoms with E-state index in [-0.39, 0.29) is 5.91 Å². The number of nitrogens with zero attached hydrogens (tertiary/aromatic N) is 2. The second-order valence-electron chi connectivity index (χ2n) is 5.65. The lowest BCUT2D eigenvalue weighted by Crippen LogP contribution is -2.12. The molecule has 0 fully saturated rings. The third kappa shape index (κ3) is 5.30. The van der Waals surface area contributed by atoms with Crippen LogP contribution in [0.1, 0.15) is 13.3 Å². The molecule has 0 spiro atoms. The molecule has 0 atom stereocenters. The summed E-state index contributed by atoms with van der Waals surface area (Å²) in [7, 11) is 0. The molecule has 1 amide bonds. The van der Waals surface area contributed by atoms with Gasteiger partial charge in [0.15, 0.2) is 0 Å². The molecule has 0 bridgehead atoms. The van der Waals surface area contributed by atoms with Crippen LogP contribution in [0.3, 0.4) is 0 Å². The van der Waals surface area contributed by atoms with Crippen molar-refractivity contribution < 1.29 is 13.9 Å². The highest BCUT2D eigenvalue weighted by Crippen LogP contribution is 2.31. The zero-order valence-corrected chi connectivity index (χ0v) is 17.3. The normalized spacial score (nSPS) is 10.6. The Morgan fingerprint density at radius 2 is 1.93 bits per heavy atom. The first kappa shape index (κ1) is 20.3. The molecule has 3 aromatic rings. The van der Waals surface area contributed by atoms with Crippen molar-refractivity contribution in [3.8, 4) is 17.2 Å². The van der Waals surface area contributed by atoms with Gasteiger partial charge in [0.05, 0.1) is 17.9 Å². The number of hydrogen-bond donors (Lipinski definition) is 1. The number of nitrogens with one attached hydrogen (secondary N) is 1. The van der Waals surface area contributed by atoms with Gasteiger partial charge in [-0.2, -0.15) is 0 Å². The highest BCUT2D eigenvalue weighted by molar-refractivity contribution is 7.99. The summed E-state index contributed by atoms with van der Waals surface area (Å²) in [6, 6.07) is 15.3. The maximum Gasteiger partial charge on any atom is 0.276 e. The third-order valence-electron chi connectivity index (χ3n) is 3.76. The first-order chi connectivity index (χ1) is 13.7. The third-order valence-corrected chi connectivity index (χ3v) is 5.38. The van der Waals surface area contributed by atoms with Gasteiger partial charge in [-0.15, -0.1) is 22.0 Å². The highest BCUT2D eigenvalue weighted by atomic mass is 32.2. The maximum atomic E-state index is 12.2. The fourth-order valence-corrected chi connectivity index (χ4v) is 3.75. The van der Waals surface area contributed by atoms with Gasteiger partial charge < -0.3 is 14.5 Å². The van der Waals surface area contributed by atoms with Crippen LogP contribution in [-0.2, 0) is 4.79 Å². The Morgan fingerprint density at radius 3 is 2.75 bits per heavy atom. The molecule has 0 unspecified atom stereocenters. The molecule has 146 valence electrons. The maximum absolute atomic E-state index is 12.2. The molecule has 0 saturated carbocycles. The summed E-state index contributed by atoms with van der Waals surface area (Å²) in [5, 5.41) is 11.5. The highest BCUT2D eigenvalue weighted by Gasteiger charge is 2.14. The Balaban J connectivity index is 1.54. The summed E-state index contributed by atoms with van der Waals surface area (Å²) in [6.45, 7) is 2.48. The average molecular weight is 416 g/mol. The van der Waals surface area contributed by atoms with Crippen molar-refractivity contribution in [3.05, 3.63) is 48.5 Å². The Hall–Kier alpha value is -2.45. The zero-order chi connectivity index (χ0) is 19.8. The molecule has 1 aromatic heterocycles. The van der Waals surface area contributed by atoms with E-state index in [4.69, 9.17) is 9.15 Å². The van der Waals surface area contributed by atoms with Gasteiger partial charge in [-0.05, 0) is 37.4 Å². The van der Waals surface area contributed by atoms with E-state index in [1.54, 1.807) is 11.8 Å². The van der Waals surface area contributed by atoms with E-state index in [2.05, 4.69) is 15.5 Å². The molecule has 3 rings (SSSR count). The summed E-state index contributed by atoms with van der Waals surface area (Å²) in [4.78, 5) is 13.2. The zero-order valence-electron chi connectivity index (χ0n) is 15.7. The Morgan fingerprint density at radius 1 is 1.14 bits per heavy atom. The molecule has 1 heterocycles. The fraction of sp³-hybridized carbons (Fsp3) is 0.250. The van der Waals surface area contributed by atoms with Crippen molar-refractivity contribution in [2.24, 2.45) is 0 Å². The number of para-hydroxylation sites is 2. The van der Waals surface area contributed by atoms with Crippen LogP contribution in [0.25, 0.3) is 11.5 Å². The molecule has 2 aromatic carbocycles. The summed E-state index contributed by atoms with van der Waals surface area (Å²) in [5.41, 5.74) is 1.59. The molecule has 0 aliphatic carbocycles. The van der Waals surface area contributed by atoms with E-state index in [1.807, 2.05) is 61.7 Å². The minimum atomic E-state index is -0.0459. The summed E-state index contributed by atoms with van der Waals surface area (Å²) >= 11 is 2.96. The summed E-state index contributed by atoms with van der Waals surface area (Å²) in [5.74, 6) is 1.61. The van der Waals surface area contributed by atoms with Gasteiger partial charge in [0.2, 0.25) is 5.91 Å². The monoisotopic (exact) mass is 415 g/mol. The van der Waals surface area contributed by atoms with Gasteiger partial charge in [0, 0.05) is 17.1 Å². The predicted octanol–water partition coefficient (Wildman–Crippen LogP) is 4.98. The van der Waals surface area contributed by atoms with Crippen molar-refractivity contribution in [1.82, 2.24) is 10.2 Å². The van der Waals surface area contributed by atoms with Crippen molar-refractivity contribution >= 4 is 35.1 Å². The molecule has 1 N–H and O–H groups in total. The minimum absolute atomic E-state index is 0.0459. The van der Waals surface area contributed by atoms with E-state index in [1.165, 1.54) is 11.8 Å². The molecule has 0 aliphatic rings.